The van der Waals surface area contributed by atoms with Crippen molar-refractivity contribution in [2.24, 2.45) is 5.73 Å². The molecule has 1 aromatic carbocycles. The fraction of sp³-hybridized carbons (Fsp3) is 0.350. The number of nitrogens with two attached hydrogens (primary N) is 1. The maximum absolute atomic E-state index is 12.1. The molecule has 1 atom stereocenters. The molecule has 0 bridgehead atoms. The van der Waals surface area contributed by atoms with Crippen molar-refractivity contribution in [3.63, 3.8) is 0 Å². The summed E-state index contributed by atoms with van der Waals surface area (Å²) >= 11 is 12.1. The van der Waals surface area contributed by atoms with Gasteiger partial charge in [0.05, 0.1) is 28.3 Å². The molecule has 3 rings (SSSR count). The molecular weight excluding hydrogens is 429 g/mol. The van der Waals surface area contributed by atoms with Crippen LogP contribution in [0.1, 0.15) is 21.5 Å². The van der Waals surface area contributed by atoms with Crippen LogP contribution in [0.25, 0.3) is 0 Å². The molecule has 8 nitrogen and oxygen atoms in total. The SMILES string of the molecule is NC(=O)c1cncc(CNC(=O)NCC2CN(Cc3ccc(Cl)c(Cl)c3)CCO2)c1. The predicted molar refractivity (Wildman–Crippen MR) is 114 cm³/mol. The summed E-state index contributed by atoms with van der Waals surface area (Å²) in [5.41, 5.74) is 7.29. The number of hydrogen-bond acceptors (Lipinski definition) is 5. The Balaban J connectivity index is 1.42. The van der Waals surface area contributed by atoms with Crippen LogP contribution >= 0.6 is 23.2 Å². The van der Waals surface area contributed by atoms with E-state index in [1.54, 1.807) is 18.3 Å². The van der Waals surface area contributed by atoms with Crippen LogP contribution in [-0.4, -0.2) is 54.2 Å². The molecule has 1 aliphatic heterocycles. The van der Waals surface area contributed by atoms with Gasteiger partial charge in [-0.1, -0.05) is 29.3 Å². The van der Waals surface area contributed by atoms with Crippen molar-refractivity contribution < 1.29 is 14.3 Å². The summed E-state index contributed by atoms with van der Waals surface area (Å²) in [6.45, 7) is 3.41. The first-order valence-corrected chi connectivity index (χ1v) is 10.2. The normalized spacial score (nSPS) is 16.8. The lowest BCUT2D eigenvalue weighted by molar-refractivity contribution is -0.0287. The van der Waals surface area contributed by atoms with Crippen LogP contribution in [0.15, 0.2) is 36.7 Å². The standard InChI is InChI=1S/C20H23Cl2N5O3/c21-17-2-1-13(6-18(17)22)11-27-3-4-30-16(12-27)10-26-20(29)25-8-14-5-15(19(23)28)9-24-7-14/h1-2,5-7,9,16H,3-4,8,10-12H2,(H2,23,28)(H2,25,26,29). The van der Waals surface area contributed by atoms with Crippen molar-refractivity contribution in [3.8, 4) is 0 Å². The fourth-order valence-electron chi connectivity index (χ4n) is 3.11. The molecule has 1 fully saturated rings. The van der Waals surface area contributed by atoms with Crippen LogP contribution in [-0.2, 0) is 17.8 Å². The number of urea groups is 1. The Morgan fingerprint density at radius 1 is 1.17 bits per heavy atom. The van der Waals surface area contributed by atoms with Crippen molar-refractivity contribution in [2.45, 2.75) is 19.2 Å². The highest BCUT2D eigenvalue weighted by Gasteiger charge is 2.21. The number of carbonyl (C=O) groups excluding carboxylic acids is 2. The van der Waals surface area contributed by atoms with Gasteiger partial charge in [0.15, 0.2) is 0 Å². The molecule has 2 aromatic rings. The maximum Gasteiger partial charge on any atom is 0.315 e. The smallest absolute Gasteiger partial charge is 0.315 e. The van der Waals surface area contributed by atoms with Crippen molar-refractivity contribution in [1.29, 1.82) is 0 Å². The number of halogens is 2. The molecule has 10 heteroatoms. The van der Waals surface area contributed by atoms with Crippen molar-refractivity contribution in [2.75, 3.05) is 26.2 Å². The molecule has 1 aliphatic rings. The summed E-state index contributed by atoms with van der Waals surface area (Å²) in [4.78, 5) is 29.5. The number of ether oxygens (including phenoxy) is 1. The monoisotopic (exact) mass is 451 g/mol. The number of amides is 3. The average Bonchev–Trinajstić information content (AvgIpc) is 2.74. The number of rotatable bonds is 7. The van der Waals surface area contributed by atoms with E-state index in [4.69, 9.17) is 33.7 Å². The zero-order valence-electron chi connectivity index (χ0n) is 16.2. The largest absolute Gasteiger partial charge is 0.374 e. The van der Waals surface area contributed by atoms with Crippen LogP contribution in [0, 0.1) is 0 Å². The number of aromatic nitrogens is 1. The van der Waals surface area contributed by atoms with Crippen LogP contribution in [0.5, 0.6) is 0 Å². The topological polar surface area (TPSA) is 110 Å². The van der Waals surface area contributed by atoms with Gasteiger partial charge in [0.25, 0.3) is 0 Å². The highest BCUT2D eigenvalue weighted by Crippen LogP contribution is 2.23. The lowest BCUT2D eigenvalue weighted by Gasteiger charge is -2.33. The van der Waals surface area contributed by atoms with E-state index >= 15 is 0 Å². The minimum absolute atomic E-state index is 0.118. The number of carbonyl (C=O) groups is 2. The van der Waals surface area contributed by atoms with Gasteiger partial charge in [-0.15, -0.1) is 0 Å². The van der Waals surface area contributed by atoms with Gasteiger partial charge in [-0.2, -0.15) is 0 Å². The van der Waals surface area contributed by atoms with E-state index in [9.17, 15) is 9.59 Å². The van der Waals surface area contributed by atoms with E-state index in [0.29, 0.717) is 40.9 Å². The third-order valence-electron chi connectivity index (χ3n) is 4.64. The second-order valence-electron chi connectivity index (χ2n) is 6.99. The molecule has 2 heterocycles. The summed E-state index contributed by atoms with van der Waals surface area (Å²) in [5, 5.41) is 6.61. The fourth-order valence-corrected chi connectivity index (χ4v) is 3.43. The van der Waals surface area contributed by atoms with Crippen molar-refractivity contribution in [3.05, 3.63) is 63.4 Å². The molecule has 3 amide bonds. The van der Waals surface area contributed by atoms with Gasteiger partial charge in [-0.25, -0.2) is 4.79 Å². The molecule has 1 saturated heterocycles. The Morgan fingerprint density at radius 3 is 2.77 bits per heavy atom. The van der Waals surface area contributed by atoms with Crippen LogP contribution < -0.4 is 16.4 Å². The highest BCUT2D eigenvalue weighted by molar-refractivity contribution is 6.42. The van der Waals surface area contributed by atoms with Gasteiger partial charge in [-0.05, 0) is 29.3 Å². The number of pyridine rings is 1. The van der Waals surface area contributed by atoms with E-state index < -0.39 is 5.91 Å². The predicted octanol–water partition coefficient (Wildman–Crippen LogP) is 2.19. The number of hydrogen-bond donors (Lipinski definition) is 3. The van der Waals surface area contributed by atoms with E-state index in [2.05, 4.69) is 20.5 Å². The molecular formula is C20H23Cl2N5O3. The van der Waals surface area contributed by atoms with E-state index in [-0.39, 0.29) is 18.7 Å². The van der Waals surface area contributed by atoms with Crippen LogP contribution in [0.2, 0.25) is 10.0 Å². The lowest BCUT2D eigenvalue weighted by Crippen LogP contribution is -2.48. The summed E-state index contributed by atoms with van der Waals surface area (Å²) in [6, 6.07) is 6.87. The zero-order chi connectivity index (χ0) is 21.5. The first kappa shape index (κ1) is 22.3. The number of morpholine rings is 1. The summed E-state index contributed by atoms with van der Waals surface area (Å²) in [5.74, 6) is -0.561. The van der Waals surface area contributed by atoms with E-state index in [1.807, 2.05) is 12.1 Å². The van der Waals surface area contributed by atoms with Gasteiger partial charge >= 0.3 is 6.03 Å². The van der Waals surface area contributed by atoms with Crippen LogP contribution in [0.4, 0.5) is 4.79 Å². The quantitative estimate of drug-likeness (QED) is 0.597. The minimum atomic E-state index is -0.561. The Bertz CT molecular complexity index is 912. The number of benzene rings is 1. The Hall–Kier alpha value is -2.39. The second kappa shape index (κ2) is 10.6. The molecule has 1 aromatic heterocycles. The average molecular weight is 452 g/mol. The van der Waals surface area contributed by atoms with Gasteiger partial charge in [0.1, 0.15) is 0 Å². The zero-order valence-corrected chi connectivity index (χ0v) is 17.7. The maximum atomic E-state index is 12.1. The third kappa shape index (κ3) is 6.56. The highest BCUT2D eigenvalue weighted by atomic mass is 35.5. The molecule has 1 unspecified atom stereocenters. The number of nitrogens with one attached hydrogen (secondary N) is 2. The van der Waals surface area contributed by atoms with Crippen molar-refractivity contribution in [1.82, 2.24) is 20.5 Å². The van der Waals surface area contributed by atoms with Gasteiger partial charge < -0.3 is 21.1 Å². The molecule has 0 saturated carbocycles. The van der Waals surface area contributed by atoms with Crippen molar-refractivity contribution >= 4 is 35.1 Å². The molecule has 30 heavy (non-hydrogen) atoms. The second-order valence-corrected chi connectivity index (χ2v) is 7.80. The Kier molecular flexibility index (Phi) is 7.87. The first-order chi connectivity index (χ1) is 14.4. The van der Waals surface area contributed by atoms with Gasteiger partial charge in [0.2, 0.25) is 5.91 Å². The number of primary amides is 1. The third-order valence-corrected chi connectivity index (χ3v) is 5.37. The molecule has 4 N–H and O–H groups in total. The minimum Gasteiger partial charge on any atom is -0.374 e. The summed E-state index contributed by atoms with van der Waals surface area (Å²) in [7, 11) is 0. The molecule has 0 radical (unpaired) electrons. The lowest BCUT2D eigenvalue weighted by atomic mass is 10.2. The van der Waals surface area contributed by atoms with E-state index in [1.165, 1.54) is 6.20 Å². The number of nitrogens with zero attached hydrogens (tertiary/aromatic N) is 2. The molecule has 0 spiro atoms. The summed E-state index contributed by atoms with van der Waals surface area (Å²) in [6.07, 6.45) is 2.83. The van der Waals surface area contributed by atoms with Gasteiger partial charge in [-0.3, -0.25) is 14.7 Å². The molecule has 0 aliphatic carbocycles. The first-order valence-electron chi connectivity index (χ1n) is 9.44. The van der Waals surface area contributed by atoms with E-state index in [0.717, 1.165) is 18.7 Å². The molecule has 160 valence electrons. The Labute approximate surface area is 184 Å². The summed E-state index contributed by atoms with van der Waals surface area (Å²) < 4.78 is 5.75. The Morgan fingerprint density at radius 2 is 2.00 bits per heavy atom. The van der Waals surface area contributed by atoms with Crippen LogP contribution in [0.3, 0.4) is 0 Å². The van der Waals surface area contributed by atoms with Gasteiger partial charge in [0, 0.05) is 45.1 Å².